The molecular formula is C11H24S2. The van der Waals surface area contributed by atoms with Crippen LogP contribution in [-0.4, -0.2) is 17.3 Å². The van der Waals surface area contributed by atoms with Gasteiger partial charge in [-0.15, -0.1) is 0 Å². The van der Waals surface area contributed by atoms with E-state index in [2.05, 4.69) is 45.2 Å². The van der Waals surface area contributed by atoms with Crippen LogP contribution in [-0.2, 0) is 0 Å². The van der Waals surface area contributed by atoms with Gasteiger partial charge in [0.15, 0.2) is 0 Å². The van der Waals surface area contributed by atoms with E-state index >= 15 is 0 Å². The Morgan fingerprint density at radius 3 is 2.38 bits per heavy atom. The van der Waals surface area contributed by atoms with Crippen LogP contribution in [0.2, 0.25) is 0 Å². The fourth-order valence-electron chi connectivity index (χ4n) is 1.20. The smallest absolute Gasteiger partial charge is 0.00313 e. The van der Waals surface area contributed by atoms with Crippen molar-refractivity contribution in [2.75, 3.05) is 17.3 Å². The molecule has 1 atom stereocenters. The maximum atomic E-state index is 4.38. The summed E-state index contributed by atoms with van der Waals surface area (Å²) in [5, 5.41) is 0. The molecule has 0 aliphatic carbocycles. The predicted octanol–water partition coefficient (Wildman–Crippen LogP) is 4.11. The minimum atomic E-state index is 0.838. The van der Waals surface area contributed by atoms with Gasteiger partial charge in [0.05, 0.1) is 0 Å². The van der Waals surface area contributed by atoms with Gasteiger partial charge >= 0.3 is 0 Å². The van der Waals surface area contributed by atoms with Crippen molar-refractivity contribution >= 4 is 24.4 Å². The highest BCUT2D eigenvalue weighted by molar-refractivity contribution is 7.99. The van der Waals surface area contributed by atoms with Crippen LogP contribution in [0.25, 0.3) is 0 Å². The second-order valence-corrected chi connectivity index (χ2v) is 5.61. The lowest BCUT2D eigenvalue weighted by Gasteiger charge is -2.12. The van der Waals surface area contributed by atoms with E-state index < -0.39 is 0 Å². The molecule has 80 valence electrons. The van der Waals surface area contributed by atoms with Crippen LogP contribution in [0.15, 0.2) is 0 Å². The Morgan fingerprint density at radius 2 is 1.92 bits per heavy atom. The van der Waals surface area contributed by atoms with Crippen molar-refractivity contribution in [2.45, 2.75) is 40.0 Å². The van der Waals surface area contributed by atoms with Gasteiger partial charge in [0.1, 0.15) is 0 Å². The molecule has 0 amide bonds. The van der Waals surface area contributed by atoms with Gasteiger partial charge in [-0.2, -0.15) is 24.4 Å². The number of thioether (sulfide) groups is 1. The van der Waals surface area contributed by atoms with Crippen molar-refractivity contribution < 1.29 is 0 Å². The summed E-state index contributed by atoms with van der Waals surface area (Å²) in [4.78, 5) is 0. The molecule has 0 fully saturated rings. The van der Waals surface area contributed by atoms with Crippen LogP contribution < -0.4 is 0 Å². The van der Waals surface area contributed by atoms with Gasteiger partial charge in [0, 0.05) is 0 Å². The van der Waals surface area contributed by atoms with E-state index in [1.54, 1.807) is 0 Å². The minimum absolute atomic E-state index is 0.838. The first-order chi connectivity index (χ1) is 6.20. The summed E-state index contributed by atoms with van der Waals surface area (Å²) in [6, 6.07) is 0. The normalized spacial score (nSPS) is 13.6. The highest BCUT2D eigenvalue weighted by atomic mass is 32.2. The van der Waals surface area contributed by atoms with E-state index in [0.717, 1.165) is 17.6 Å². The van der Waals surface area contributed by atoms with Crippen LogP contribution in [0.5, 0.6) is 0 Å². The number of thiol groups is 1. The molecule has 0 heterocycles. The molecule has 1 unspecified atom stereocenters. The molecule has 0 saturated carbocycles. The van der Waals surface area contributed by atoms with Crippen LogP contribution >= 0.6 is 24.4 Å². The third-order valence-electron chi connectivity index (χ3n) is 2.15. The molecule has 0 aromatic carbocycles. The minimum Gasteiger partial charge on any atom is -0.179 e. The van der Waals surface area contributed by atoms with E-state index in [0.29, 0.717) is 0 Å². The number of hydrogen-bond acceptors (Lipinski definition) is 2. The third kappa shape index (κ3) is 9.01. The Bertz CT molecular complexity index is 102. The summed E-state index contributed by atoms with van der Waals surface area (Å²) in [6.07, 6.45) is 4.00. The van der Waals surface area contributed by atoms with Crippen LogP contribution in [0, 0.1) is 11.8 Å². The zero-order valence-corrected chi connectivity index (χ0v) is 11.0. The monoisotopic (exact) mass is 220 g/mol. The van der Waals surface area contributed by atoms with Gasteiger partial charge in [0.25, 0.3) is 0 Å². The molecule has 13 heavy (non-hydrogen) atoms. The van der Waals surface area contributed by atoms with Crippen molar-refractivity contribution in [1.82, 2.24) is 0 Å². The molecule has 0 nitrogen and oxygen atoms in total. The van der Waals surface area contributed by atoms with Crippen LogP contribution in [0.4, 0.5) is 0 Å². The molecule has 0 spiro atoms. The quantitative estimate of drug-likeness (QED) is 0.474. The zero-order chi connectivity index (χ0) is 10.1. The summed E-state index contributed by atoms with van der Waals surface area (Å²) in [6.45, 7) is 6.85. The van der Waals surface area contributed by atoms with Crippen molar-refractivity contribution in [3.63, 3.8) is 0 Å². The van der Waals surface area contributed by atoms with Crippen molar-refractivity contribution in [1.29, 1.82) is 0 Å². The first-order valence-corrected chi connectivity index (χ1v) is 7.18. The fourth-order valence-corrected chi connectivity index (χ4v) is 3.11. The van der Waals surface area contributed by atoms with Gasteiger partial charge < -0.3 is 0 Å². The molecule has 0 saturated heterocycles. The molecule has 2 heteroatoms. The maximum Gasteiger partial charge on any atom is -0.00313 e. The van der Waals surface area contributed by atoms with Crippen LogP contribution in [0.1, 0.15) is 40.0 Å². The van der Waals surface area contributed by atoms with Gasteiger partial charge in [-0.25, -0.2) is 0 Å². The van der Waals surface area contributed by atoms with Gasteiger partial charge in [-0.1, -0.05) is 27.2 Å². The highest BCUT2D eigenvalue weighted by Gasteiger charge is 2.05. The Morgan fingerprint density at radius 1 is 1.23 bits per heavy atom. The molecule has 0 N–H and O–H groups in total. The average Bonchev–Trinajstić information content (AvgIpc) is 2.10. The topological polar surface area (TPSA) is 0 Å². The lowest BCUT2D eigenvalue weighted by molar-refractivity contribution is 0.593. The van der Waals surface area contributed by atoms with Gasteiger partial charge in [-0.05, 0) is 41.9 Å². The first-order valence-electron chi connectivity index (χ1n) is 5.39. The van der Waals surface area contributed by atoms with Crippen molar-refractivity contribution in [3.05, 3.63) is 0 Å². The van der Waals surface area contributed by atoms with Crippen molar-refractivity contribution in [3.8, 4) is 0 Å². The summed E-state index contributed by atoms with van der Waals surface area (Å²) in [5.74, 6) is 5.39. The SMILES string of the molecule is CCCC(CS)CSCCC(C)C. The van der Waals surface area contributed by atoms with Gasteiger partial charge in [-0.3, -0.25) is 0 Å². The molecule has 0 aliphatic heterocycles. The Hall–Kier alpha value is 0.700. The lowest BCUT2D eigenvalue weighted by Crippen LogP contribution is -2.06. The van der Waals surface area contributed by atoms with Crippen molar-refractivity contribution in [2.24, 2.45) is 11.8 Å². The largest absolute Gasteiger partial charge is 0.179 e. The highest BCUT2D eigenvalue weighted by Crippen LogP contribution is 2.17. The molecule has 0 aliphatic rings. The van der Waals surface area contributed by atoms with E-state index in [9.17, 15) is 0 Å². The van der Waals surface area contributed by atoms with E-state index in [4.69, 9.17) is 0 Å². The van der Waals surface area contributed by atoms with E-state index in [1.807, 2.05) is 0 Å². The molecule has 0 rings (SSSR count). The Balaban J connectivity index is 3.27. The fraction of sp³-hybridized carbons (Fsp3) is 1.00. The van der Waals surface area contributed by atoms with E-state index in [1.165, 1.54) is 30.8 Å². The predicted molar refractivity (Wildman–Crippen MR) is 69.0 cm³/mol. The van der Waals surface area contributed by atoms with E-state index in [-0.39, 0.29) is 0 Å². The lowest BCUT2D eigenvalue weighted by atomic mass is 10.1. The number of rotatable bonds is 8. The molecular weight excluding hydrogens is 196 g/mol. The summed E-state index contributed by atoms with van der Waals surface area (Å²) in [5.41, 5.74) is 0. The van der Waals surface area contributed by atoms with Gasteiger partial charge in [0.2, 0.25) is 0 Å². The second kappa shape index (κ2) is 9.26. The molecule has 0 aromatic rings. The first kappa shape index (κ1) is 13.7. The third-order valence-corrected chi connectivity index (χ3v) is 3.90. The molecule has 0 bridgehead atoms. The summed E-state index contributed by atoms with van der Waals surface area (Å²) >= 11 is 6.48. The molecule has 0 aromatic heterocycles. The second-order valence-electron chi connectivity index (χ2n) is 4.09. The average molecular weight is 220 g/mol. The standard InChI is InChI=1S/C11H24S2/c1-4-5-11(8-12)9-13-7-6-10(2)3/h10-12H,4-9H2,1-3H3. The summed E-state index contributed by atoms with van der Waals surface area (Å²) in [7, 11) is 0. The number of hydrogen-bond donors (Lipinski definition) is 1. The van der Waals surface area contributed by atoms with Crippen LogP contribution in [0.3, 0.4) is 0 Å². The molecule has 0 radical (unpaired) electrons. The Labute approximate surface area is 93.7 Å². The Kier molecular flexibility index (Phi) is 9.76. The zero-order valence-electron chi connectivity index (χ0n) is 9.25. The summed E-state index contributed by atoms with van der Waals surface area (Å²) < 4.78 is 0. The maximum absolute atomic E-state index is 4.38.